The van der Waals surface area contributed by atoms with Gasteiger partial charge in [-0.05, 0) is 32.7 Å². The molecule has 0 spiro atoms. The molecule has 1 aliphatic heterocycles. The van der Waals surface area contributed by atoms with Crippen LogP contribution in [0.5, 0.6) is 0 Å². The van der Waals surface area contributed by atoms with Crippen LogP contribution in [-0.2, 0) is 13.1 Å². The van der Waals surface area contributed by atoms with Crippen molar-refractivity contribution in [3.05, 3.63) is 34.0 Å². The molecule has 0 bridgehead atoms. The third-order valence-corrected chi connectivity index (χ3v) is 5.24. The molecule has 0 amide bonds. The smallest absolute Gasteiger partial charge is 0.110 e. The van der Waals surface area contributed by atoms with E-state index in [1.54, 1.807) is 11.3 Å². The van der Waals surface area contributed by atoms with E-state index in [-0.39, 0.29) is 0 Å². The summed E-state index contributed by atoms with van der Waals surface area (Å²) in [4.78, 5) is 7.13. The number of hydrogen-bond donors (Lipinski definition) is 0. The fraction of sp³-hybridized carbons (Fsp3) is 0.625. The van der Waals surface area contributed by atoms with E-state index in [4.69, 9.17) is 0 Å². The monoisotopic (exact) mass is 304 g/mol. The molecule has 3 rings (SSSR count). The third-order valence-electron chi connectivity index (χ3n) is 4.36. The van der Waals surface area contributed by atoms with Crippen molar-refractivity contribution in [2.24, 2.45) is 0 Å². The highest BCUT2D eigenvalue weighted by atomic mass is 32.1. The molecule has 2 aromatic heterocycles. The maximum atomic E-state index is 4.54. The number of nitrogens with zero attached hydrogens (tertiary/aromatic N) is 4. The summed E-state index contributed by atoms with van der Waals surface area (Å²) in [5, 5.41) is 7.90. The minimum Gasteiger partial charge on any atom is -0.290 e. The first-order valence-electron chi connectivity index (χ1n) is 7.94. The second-order valence-corrected chi connectivity index (χ2v) is 6.76. The van der Waals surface area contributed by atoms with Crippen molar-refractivity contribution in [1.29, 1.82) is 0 Å². The van der Waals surface area contributed by atoms with Crippen molar-refractivity contribution in [1.82, 2.24) is 19.7 Å². The van der Waals surface area contributed by atoms with E-state index >= 15 is 0 Å². The number of rotatable bonds is 5. The lowest BCUT2D eigenvalue weighted by atomic mass is 10.0. The fourth-order valence-electron chi connectivity index (χ4n) is 3.16. The maximum Gasteiger partial charge on any atom is 0.110 e. The van der Waals surface area contributed by atoms with E-state index in [1.165, 1.54) is 42.1 Å². The van der Waals surface area contributed by atoms with Gasteiger partial charge in [-0.15, -0.1) is 11.3 Å². The third kappa shape index (κ3) is 3.19. The highest BCUT2D eigenvalue weighted by Gasteiger charge is 2.26. The van der Waals surface area contributed by atoms with Crippen LogP contribution < -0.4 is 0 Å². The predicted octanol–water partition coefficient (Wildman–Crippen LogP) is 3.79. The Morgan fingerprint density at radius 3 is 3.05 bits per heavy atom. The molecule has 1 saturated heterocycles. The molecule has 2 aromatic rings. The Morgan fingerprint density at radius 1 is 1.38 bits per heavy atom. The second-order valence-electron chi connectivity index (χ2n) is 5.83. The first kappa shape index (κ1) is 14.7. The molecule has 0 saturated carbocycles. The van der Waals surface area contributed by atoms with Gasteiger partial charge in [-0.2, -0.15) is 5.10 Å². The van der Waals surface area contributed by atoms with Gasteiger partial charge in [-0.3, -0.25) is 9.58 Å². The molecule has 114 valence electrons. The van der Waals surface area contributed by atoms with Gasteiger partial charge in [0.1, 0.15) is 5.01 Å². The standard InChI is InChI=1S/C16H24N4S/c1-3-8-20-13(2)14(11-18-20)12-19-9-5-4-6-15(19)16-17-7-10-21-16/h7,10-11,15H,3-6,8-9,12H2,1-2H3/t15-/m0/s1. The van der Waals surface area contributed by atoms with Crippen LogP contribution in [0.1, 0.15) is 54.9 Å². The van der Waals surface area contributed by atoms with E-state index in [0.717, 1.165) is 19.5 Å². The number of aryl methyl sites for hydroxylation is 1. The topological polar surface area (TPSA) is 34.0 Å². The van der Waals surface area contributed by atoms with E-state index in [9.17, 15) is 0 Å². The Balaban J connectivity index is 1.75. The van der Waals surface area contributed by atoms with Gasteiger partial charge in [-0.25, -0.2) is 4.98 Å². The van der Waals surface area contributed by atoms with E-state index in [2.05, 4.69) is 45.1 Å². The maximum absolute atomic E-state index is 4.54. The van der Waals surface area contributed by atoms with Gasteiger partial charge in [0.15, 0.2) is 0 Å². The van der Waals surface area contributed by atoms with Gasteiger partial charge in [0.05, 0.1) is 12.2 Å². The van der Waals surface area contributed by atoms with Crippen LogP contribution in [0.3, 0.4) is 0 Å². The van der Waals surface area contributed by atoms with Crippen LogP contribution in [0.15, 0.2) is 17.8 Å². The van der Waals surface area contributed by atoms with Gasteiger partial charge in [0, 0.05) is 35.9 Å². The molecule has 0 radical (unpaired) electrons. The highest BCUT2D eigenvalue weighted by molar-refractivity contribution is 7.09. The summed E-state index contributed by atoms with van der Waals surface area (Å²) in [5.74, 6) is 0. The van der Waals surface area contributed by atoms with Crippen LogP contribution in [0.4, 0.5) is 0 Å². The zero-order valence-electron chi connectivity index (χ0n) is 13.0. The van der Waals surface area contributed by atoms with Crippen molar-refractivity contribution in [3.8, 4) is 0 Å². The number of hydrogen-bond acceptors (Lipinski definition) is 4. The SMILES string of the molecule is CCCn1ncc(CN2CCCC[C@H]2c2nccs2)c1C. The lowest BCUT2D eigenvalue weighted by Gasteiger charge is -2.34. The Labute approximate surface area is 130 Å². The normalized spacial score (nSPS) is 20.0. The van der Waals surface area contributed by atoms with Crippen molar-refractivity contribution >= 4 is 11.3 Å². The molecule has 0 aromatic carbocycles. The molecule has 0 N–H and O–H groups in total. The summed E-state index contributed by atoms with van der Waals surface area (Å²) in [5.41, 5.74) is 2.69. The highest BCUT2D eigenvalue weighted by Crippen LogP contribution is 2.33. The number of aromatic nitrogens is 3. The first-order chi connectivity index (χ1) is 10.3. The molecular formula is C16H24N4S. The summed E-state index contributed by atoms with van der Waals surface area (Å²) < 4.78 is 2.14. The minimum atomic E-state index is 0.493. The average molecular weight is 304 g/mol. The summed E-state index contributed by atoms with van der Waals surface area (Å²) in [6, 6.07) is 0.493. The lowest BCUT2D eigenvalue weighted by molar-refractivity contribution is 0.140. The predicted molar refractivity (Wildman–Crippen MR) is 86.4 cm³/mol. The van der Waals surface area contributed by atoms with E-state index < -0.39 is 0 Å². The van der Waals surface area contributed by atoms with Crippen LogP contribution in [0.25, 0.3) is 0 Å². The Bertz CT molecular complexity index is 561. The largest absolute Gasteiger partial charge is 0.290 e. The average Bonchev–Trinajstić information content (AvgIpc) is 3.13. The molecule has 3 heterocycles. The molecule has 0 unspecified atom stereocenters. The molecule has 21 heavy (non-hydrogen) atoms. The van der Waals surface area contributed by atoms with Crippen LogP contribution in [0, 0.1) is 6.92 Å². The number of thiazole rings is 1. The minimum absolute atomic E-state index is 0.493. The number of piperidine rings is 1. The summed E-state index contributed by atoms with van der Waals surface area (Å²) in [6.45, 7) is 7.58. The zero-order chi connectivity index (χ0) is 14.7. The first-order valence-corrected chi connectivity index (χ1v) is 8.82. The molecule has 1 atom stereocenters. The van der Waals surface area contributed by atoms with Gasteiger partial charge >= 0.3 is 0 Å². The van der Waals surface area contributed by atoms with Gasteiger partial charge in [0.2, 0.25) is 0 Å². The quantitative estimate of drug-likeness (QED) is 0.843. The van der Waals surface area contributed by atoms with Crippen LogP contribution >= 0.6 is 11.3 Å². The van der Waals surface area contributed by atoms with Gasteiger partial charge in [-0.1, -0.05) is 13.3 Å². The molecule has 1 aliphatic rings. The Kier molecular flexibility index (Phi) is 4.70. The van der Waals surface area contributed by atoms with Crippen molar-refractivity contribution < 1.29 is 0 Å². The lowest BCUT2D eigenvalue weighted by Crippen LogP contribution is -2.33. The van der Waals surface area contributed by atoms with Gasteiger partial charge < -0.3 is 0 Å². The van der Waals surface area contributed by atoms with Crippen molar-refractivity contribution in [3.63, 3.8) is 0 Å². The van der Waals surface area contributed by atoms with Crippen molar-refractivity contribution in [2.75, 3.05) is 6.54 Å². The molecule has 1 fully saturated rings. The Hall–Kier alpha value is -1.20. The zero-order valence-corrected chi connectivity index (χ0v) is 13.8. The summed E-state index contributed by atoms with van der Waals surface area (Å²) in [7, 11) is 0. The van der Waals surface area contributed by atoms with Crippen LogP contribution in [0.2, 0.25) is 0 Å². The molecule has 5 heteroatoms. The molecular weight excluding hydrogens is 280 g/mol. The molecule has 4 nitrogen and oxygen atoms in total. The summed E-state index contributed by atoms with van der Waals surface area (Å²) in [6.07, 6.45) is 8.96. The fourth-order valence-corrected chi connectivity index (χ4v) is 3.96. The number of likely N-dealkylation sites (tertiary alicyclic amines) is 1. The van der Waals surface area contributed by atoms with Crippen molar-refractivity contribution in [2.45, 2.75) is 58.7 Å². The van der Waals surface area contributed by atoms with Gasteiger partial charge in [0.25, 0.3) is 0 Å². The van der Waals surface area contributed by atoms with E-state index in [0.29, 0.717) is 6.04 Å². The second kappa shape index (κ2) is 6.71. The summed E-state index contributed by atoms with van der Waals surface area (Å²) >= 11 is 1.79. The Morgan fingerprint density at radius 2 is 2.29 bits per heavy atom. The van der Waals surface area contributed by atoms with Crippen LogP contribution in [-0.4, -0.2) is 26.2 Å². The molecule has 0 aliphatic carbocycles. The van der Waals surface area contributed by atoms with E-state index in [1.807, 2.05) is 6.20 Å².